The largest absolute Gasteiger partial charge is 0.394 e. The summed E-state index contributed by atoms with van der Waals surface area (Å²) in [5.74, 6) is -0.391. The summed E-state index contributed by atoms with van der Waals surface area (Å²) in [6.07, 6.45) is -1.13. The van der Waals surface area contributed by atoms with E-state index in [0.29, 0.717) is 5.02 Å². The summed E-state index contributed by atoms with van der Waals surface area (Å²) in [5, 5.41) is 19.0. The average Bonchev–Trinajstić information content (AvgIpc) is 2.84. The fourth-order valence-corrected chi connectivity index (χ4v) is 6.10. The highest BCUT2D eigenvalue weighted by atomic mass is 35.5. The summed E-state index contributed by atoms with van der Waals surface area (Å²) < 4.78 is 49.9. The van der Waals surface area contributed by atoms with E-state index in [9.17, 15) is 21.9 Å². The molecule has 2 atom stereocenters. The minimum atomic E-state index is -4.02. The van der Waals surface area contributed by atoms with E-state index in [-0.39, 0.29) is 29.4 Å². The minimum Gasteiger partial charge on any atom is -0.394 e. The second-order valence-corrected chi connectivity index (χ2v) is 9.98. The van der Waals surface area contributed by atoms with Crippen LogP contribution in [0, 0.1) is 0 Å². The summed E-state index contributed by atoms with van der Waals surface area (Å²) in [4.78, 5) is -0.0451. The van der Waals surface area contributed by atoms with Crippen LogP contribution < -0.4 is 0 Å². The summed E-state index contributed by atoms with van der Waals surface area (Å²) in [6.45, 7) is -0.992. The molecule has 0 aliphatic carbocycles. The van der Waals surface area contributed by atoms with Gasteiger partial charge < -0.3 is 10.2 Å². The van der Waals surface area contributed by atoms with Crippen LogP contribution in [0.3, 0.4) is 0 Å². The van der Waals surface area contributed by atoms with Crippen molar-refractivity contribution in [3.8, 4) is 0 Å². The van der Waals surface area contributed by atoms with Gasteiger partial charge in [0.05, 0.1) is 29.1 Å². The van der Waals surface area contributed by atoms with Gasteiger partial charge in [-0.15, -0.1) is 0 Å². The fraction of sp³-hybridized carbons (Fsp3) is 0.538. The van der Waals surface area contributed by atoms with E-state index in [1.54, 1.807) is 0 Å². The third kappa shape index (κ3) is 4.43. The predicted octanol–water partition coefficient (Wildman–Crippen LogP) is -0.129. The summed E-state index contributed by atoms with van der Waals surface area (Å²) in [5.41, 5.74) is 0. The first-order chi connectivity index (χ1) is 10.7. The SMILES string of the molecule is O=S1(=O)CC[C@@H](N(C[C@H](O)CO)S(=O)(=O)c2ccc(Cl)cc2)C1. The molecule has 10 heteroatoms. The molecule has 0 saturated carbocycles. The van der Waals surface area contributed by atoms with Gasteiger partial charge in [-0.05, 0) is 30.7 Å². The van der Waals surface area contributed by atoms with E-state index in [1.165, 1.54) is 24.3 Å². The van der Waals surface area contributed by atoms with E-state index in [2.05, 4.69) is 0 Å². The standard InChI is InChI=1S/C13H18ClNO6S2/c14-10-1-3-13(4-2-10)23(20,21)15(7-12(17)8-16)11-5-6-22(18,19)9-11/h1-4,11-12,16-17H,5-9H2/t11-,12+/m1/s1. The highest BCUT2D eigenvalue weighted by Crippen LogP contribution is 2.26. The number of nitrogens with zero attached hydrogens (tertiary/aromatic N) is 1. The lowest BCUT2D eigenvalue weighted by Crippen LogP contribution is -2.46. The fourth-order valence-electron chi connectivity index (χ4n) is 2.45. The maximum absolute atomic E-state index is 12.8. The summed E-state index contributed by atoms with van der Waals surface area (Å²) in [6, 6.07) is 4.71. The first-order valence-electron chi connectivity index (χ1n) is 6.92. The summed E-state index contributed by atoms with van der Waals surface area (Å²) >= 11 is 5.75. The number of rotatable bonds is 6. The third-order valence-electron chi connectivity index (χ3n) is 3.64. The zero-order chi connectivity index (χ0) is 17.3. The van der Waals surface area contributed by atoms with E-state index < -0.39 is 38.6 Å². The van der Waals surface area contributed by atoms with Crippen molar-refractivity contribution in [1.29, 1.82) is 0 Å². The quantitative estimate of drug-likeness (QED) is 0.707. The van der Waals surface area contributed by atoms with Crippen molar-refractivity contribution in [2.75, 3.05) is 24.7 Å². The van der Waals surface area contributed by atoms with Gasteiger partial charge in [0, 0.05) is 17.6 Å². The molecule has 2 N–H and O–H groups in total. The second-order valence-electron chi connectivity index (χ2n) is 5.42. The zero-order valence-electron chi connectivity index (χ0n) is 12.2. The molecule has 1 aliphatic heterocycles. The molecule has 0 radical (unpaired) electrons. The highest BCUT2D eigenvalue weighted by Gasteiger charge is 2.39. The van der Waals surface area contributed by atoms with E-state index in [4.69, 9.17) is 16.7 Å². The van der Waals surface area contributed by atoms with Crippen molar-refractivity contribution in [3.63, 3.8) is 0 Å². The van der Waals surface area contributed by atoms with Crippen molar-refractivity contribution < 1.29 is 27.0 Å². The van der Waals surface area contributed by atoms with Gasteiger partial charge in [-0.25, -0.2) is 16.8 Å². The Balaban J connectivity index is 2.37. The molecule has 1 aromatic carbocycles. The van der Waals surface area contributed by atoms with Crippen LogP contribution in [-0.4, -0.2) is 68.2 Å². The molecule has 0 spiro atoms. The molecule has 1 heterocycles. The first-order valence-corrected chi connectivity index (χ1v) is 10.6. The zero-order valence-corrected chi connectivity index (χ0v) is 14.6. The van der Waals surface area contributed by atoms with E-state index in [0.717, 1.165) is 4.31 Å². The molecule has 0 aromatic heterocycles. The molecule has 0 bridgehead atoms. The molecule has 23 heavy (non-hydrogen) atoms. The van der Waals surface area contributed by atoms with Gasteiger partial charge >= 0.3 is 0 Å². The number of benzene rings is 1. The van der Waals surface area contributed by atoms with Crippen LogP contribution in [0.15, 0.2) is 29.2 Å². The van der Waals surface area contributed by atoms with Crippen LogP contribution in [0.25, 0.3) is 0 Å². The smallest absolute Gasteiger partial charge is 0.243 e. The Kier molecular flexibility index (Phi) is 5.70. The number of hydrogen-bond donors (Lipinski definition) is 2. The minimum absolute atomic E-state index is 0.0451. The third-order valence-corrected chi connectivity index (χ3v) is 7.57. The maximum atomic E-state index is 12.8. The van der Waals surface area contributed by atoms with Gasteiger partial charge in [-0.1, -0.05) is 11.6 Å². The lowest BCUT2D eigenvalue weighted by Gasteiger charge is -2.28. The molecule has 2 rings (SSSR count). The molecule has 1 fully saturated rings. The number of halogens is 1. The van der Waals surface area contributed by atoms with Crippen LogP contribution in [0.1, 0.15) is 6.42 Å². The van der Waals surface area contributed by atoms with Crippen molar-refractivity contribution >= 4 is 31.5 Å². The van der Waals surface area contributed by atoms with Crippen LogP contribution in [0.2, 0.25) is 5.02 Å². The molecular weight excluding hydrogens is 366 g/mol. The van der Waals surface area contributed by atoms with Crippen LogP contribution in [0.4, 0.5) is 0 Å². The van der Waals surface area contributed by atoms with Gasteiger partial charge in [-0.2, -0.15) is 4.31 Å². The molecule has 1 aromatic rings. The van der Waals surface area contributed by atoms with Gasteiger partial charge in [0.15, 0.2) is 9.84 Å². The monoisotopic (exact) mass is 383 g/mol. The lowest BCUT2D eigenvalue weighted by molar-refractivity contribution is 0.0730. The first kappa shape index (κ1) is 18.6. The second kappa shape index (κ2) is 7.04. The van der Waals surface area contributed by atoms with Gasteiger partial charge in [-0.3, -0.25) is 0 Å². The van der Waals surface area contributed by atoms with Crippen LogP contribution in [0.5, 0.6) is 0 Å². The Bertz CT molecular complexity index is 747. The number of sulfonamides is 1. The number of hydrogen-bond acceptors (Lipinski definition) is 6. The summed E-state index contributed by atoms with van der Waals surface area (Å²) in [7, 11) is -7.32. The molecule has 1 saturated heterocycles. The predicted molar refractivity (Wildman–Crippen MR) is 85.5 cm³/mol. The van der Waals surface area contributed by atoms with Crippen LogP contribution >= 0.6 is 11.6 Å². The molecule has 0 amide bonds. The Labute approximate surface area is 140 Å². The van der Waals surface area contributed by atoms with Crippen molar-refractivity contribution in [1.82, 2.24) is 4.31 Å². The lowest BCUT2D eigenvalue weighted by atomic mass is 10.2. The van der Waals surface area contributed by atoms with Crippen molar-refractivity contribution in [2.45, 2.75) is 23.5 Å². The van der Waals surface area contributed by atoms with Gasteiger partial charge in [0.2, 0.25) is 10.0 Å². The molecule has 1 aliphatic rings. The van der Waals surface area contributed by atoms with E-state index >= 15 is 0 Å². The van der Waals surface area contributed by atoms with Gasteiger partial charge in [0.1, 0.15) is 0 Å². The topological polar surface area (TPSA) is 112 Å². The average molecular weight is 384 g/mol. The Morgan fingerprint density at radius 3 is 2.39 bits per heavy atom. The van der Waals surface area contributed by atoms with E-state index in [1.807, 2.05) is 0 Å². The normalized spacial score (nSPS) is 22.3. The van der Waals surface area contributed by atoms with Crippen LogP contribution in [-0.2, 0) is 19.9 Å². The van der Waals surface area contributed by atoms with Gasteiger partial charge in [0.25, 0.3) is 0 Å². The van der Waals surface area contributed by atoms with Crippen molar-refractivity contribution in [2.24, 2.45) is 0 Å². The molecule has 7 nitrogen and oxygen atoms in total. The van der Waals surface area contributed by atoms with Crippen molar-refractivity contribution in [3.05, 3.63) is 29.3 Å². The molecule has 0 unspecified atom stereocenters. The Morgan fingerprint density at radius 1 is 1.30 bits per heavy atom. The number of aliphatic hydroxyl groups is 2. The maximum Gasteiger partial charge on any atom is 0.243 e. The number of aliphatic hydroxyl groups excluding tert-OH is 2. The molecular formula is C13H18ClNO6S2. The highest BCUT2D eigenvalue weighted by molar-refractivity contribution is 7.92. The Hall–Kier alpha value is -0.710. The number of sulfone groups is 1. The molecule has 130 valence electrons. The Morgan fingerprint density at radius 2 is 1.91 bits per heavy atom.